The lowest BCUT2D eigenvalue weighted by molar-refractivity contribution is -0.118. The lowest BCUT2D eigenvalue weighted by atomic mass is 10.2. The predicted octanol–water partition coefficient (Wildman–Crippen LogP) is 0.163. The first-order valence-electron chi connectivity index (χ1n) is 4.16. The first-order chi connectivity index (χ1) is 5.22. The number of hydrogen-bond acceptors (Lipinski definition) is 3. The van der Waals surface area contributed by atoms with Crippen molar-refractivity contribution in [1.82, 2.24) is 10.6 Å². The maximum atomic E-state index is 10.9. The molecule has 0 rings (SSSR count). The number of likely N-dealkylation sites (N-methyl/N-ethyl adjacent to an activating group) is 2. The van der Waals surface area contributed by atoms with Crippen LogP contribution in [-0.2, 0) is 4.79 Å². The van der Waals surface area contributed by atoms with Crippen molar-refractivity contribution in [3.05, 3.63) is 0 Å². The molecule has 0 saturated carbocycles. The number of hydrogen-bond donors (Lipinski definition) is 2. The van der Waals surface area contributed by atoms with Crippen molar-refractivity contribution < 1.29 is 4.79 Å². The number of rotatable bonds is 6. The fourth-order valence-corrected chi connectivity index (χ4v) is 0.895. The van der Waals surface area contributed by atoms with Gasteiger partial charge in [0.1, 0.15) is 5.78 Å². The first kappa shape index (κ1) is 10.6. The van der Waals surface area contributed by atoms with Crippen LogP contribution in [0.5, 0.6) is 0 Å². The van der Waals surface area contributed by atoms with Gasteiger partial charge in [0.05, 0.1) is 6.04 Å². The zero-order valence-electron chi connectivity index (χ0n) is 7.61. The molecule has 0 aromatic heterocycles. The predicted molar refractivity (Wildman–Crippen MR) is 46.7 cm³/mol. The van der Waals surface area contributed by atoms with Gasteiger partial charge in [-0.15, -0.1) is 0 Å². The van der Waals surface area contributed by atoms with Crippen LogP contribution in [-0.4, -0.2) is 31.5 Å². The number of nitrogens with one attached hydrogen (secondary N) is 2. The minimum Gasteiger partial charge on any atom is -0.315 e. The zero-order chi connectivity index (χ0) is 8.69. The lowest BCUT2D eigenvalue weighted by Crippen LogP contribution is -2.43. The van der Waals surface area contributed by atoms with E-state index in [9.17, 15) is 4.79 Å². The Morgan fingerprint density at radius 1 is 1.36 bits per heavy atom. The topological polar surface area (TPSA) is 41.1 Å². The van der Waals surface area contributed by atoms with Gasteiger partial charge in [0.2, 0.25) is 0 Å². The molecule has 1 unspecified atom stereocenters. The molecule has 0 fully saturated rings. The molecule has 0 spiro atoms. The molecule has 0 aromatic rings. The van der Waals surface area contributed by atoms with Crippen LogP contribution in [0.1, 0.15) is 20.8 Å². The molecule has 0 radical (unpaired) electrons. The molecule has 3 nitrogen and oxygen atoms in total. The number of Topliss-reactive ketones (excluding diaryl/α,β-unsaturated/α-hetero) is 1. The van der Waals surface area contributed by atoms with Crippen molar-refractivity contribution in [3.63, 3.8) is 0 Å². The molecule has 0 bridgehead atoms. The molecule has 0 saturated heterocycles. The highest BCUT2D eigenvalue weighted by molar-refractivity contribution is 5.81. The fraction of sp³-hybridized carbons (Fsp3) is 0.875. The quantitative estimate of drug-likeness (QED) is 0.578. The van der Waals surface area contributed by atoms with Gasteiger partial charge in [-0.3, -0.25) is 4.79 Å². The summed E-state index contributed by atoms with van der Waals surface area (Å²) < 4.78 is 0. The number of carbonyl (C=O) groups excluding carboxylic acids is 1. The molecule has 0 aliphatic rings. The Bertz CT molecular complexity index is 115. The summed E-state index contributed by atoms with van der Waals surface area (Å²) in [6, 6.07) is -0.0139. The van der Waals surface area contributed by atoms with Crippen LogP contribution in [0.15, 0.2) is 0 Å². The average molecular weight is 158 g/mol. The summed E-state index contributed by atoms with van der Waals surface area (Å²) in [7, 11) is 0. The van der Waals surface area contributed by atoms with Gasteiger partial charge in [0.25, 0.3) is 0 Å². The van der Waals surface area contributed by atoms with Crippen LogP contribution in [0.4, 0.5) is 0 Å². The highest BCUT2D eigenvalue weighted by Crippen LogP contribution is 1.83. The van der Waals surface area contributed by atoms with Gasteiger partial charge in [-0.1, -0.05) is 13.8 Å². The van der Waals surface area contributed by atoms with Gasteiger partial charge >= 0.3 is 0 Å². The fourth-order valence-electron chi connectivity index (χ4n) is 0.895. The van der Waals surface area contributed by atoms with Gasteiger partial charge in [-0.05, 0) is 20.0 Å². The Balaban J connectivity index is 3.60. The van der Waals surface area contributed by atoms with Crippen LogP contribution >= 0.6 is 0 Å². The monoisotopic (exact) mass is 158 g/mol. The second-order valence-electron chi connectivity index (χ2n) is 2.53. The van der Waals surface area contributed by atoms with Crippen LogP contribution in [0.3, 0.4) is 0 Å². The SMILES string of the molecule is CCNCC(NCC)C(C)=O. The third-order valence-corrected chi connectivity index (χ3v) is 1.54. The van der Waals surface area contributed by atoms with Crippen LogP contribution in [0.2, 0.25) is 0 Å². The normalized spacial score (nSPS) is 13.0. The first-order valence-corrected chi connectivity index (χ1v) is 4.16. The van der Waals surface area contributed by atoms with E-state index in [1.807, 2.05) is 13.8 Å². The number of ketones is 1. The largest absolute Gasteiger partial charge is 0.315 e. The van der Waals surface area contributed by atoms with Crippen molar-refractivity contribution in [1.29, 1.82) is 0 Å². The van der Waals surface area contributed by atoms with Crippen molar-refractivity contribution in [2.45, 2.75) is 26.8 Å². The summed E-state index contributed by atoms with van der Waals surface area (Å²) in [6.45, 7) is 8.14. The van der Waals surface area contributed by atoms with Crippen LogP contribution < -0.4 is 10.6 Å². The third kappa shape index (κ3) is 4.93. The second kappa shape index (κ2) is 6.31. The second-order valence-corrected chi connectivity index (χ2v) is 2.53. The van der Waals surface area contributed by atoms with Gasteiger partial charge in [-0.2, -0.15) is 0 Å². The maximum Gasteiger partial charge on any atom is 0.147 e. The molecule has 1 atom stereocenters. The Labute approximate surface area is 68.6 Å². The van der Waals surface area contributed by atoms with Crippen LogP contribution in [0, 0.1) is 0 Å². The molecule has 0 aromatic carbocycles. The van der Waals surface area contributed by atoms with E-state index in [-0.39, 0.29) is 11.8 Å². The molecule has 0 aliphatic carbocycles. The van der Waals surface area contributed by atoms with Gasteiger partial charge in [0.15, 0.2) is 0 Å². The molecule has 2 N–H and O–H groups in total. The van der Waals surface area contributed by atoms with E-state index >= 15 is 0 Å². The van der Waals surface area contributed by atoms with Gasteiger partial charge in [0, 0.05) is 6.54 Å². The average Bonchev–Trinajstić information content (AvgIpc) is 1.97. The minimum absolute atomic E-state index is 0.0139. The Kier molecular flexibility index (Phi) is 6.07. The Morgan fingerprint density at radius 2 is 2.00 bits per heavy atom. The van der Waals surface area contributed by atoms with Crippen molar-refractivity contribution in [2.24, 2.45) is 0 Å². The number of carbonyl (C=O) groups is 1. The Hall–Kier alpha value is -0.410. The van der Waals surface area contributed by atoms with Gasteiger partial charge in [-0.25, -0.2) is 0 Å². The summed E-state index contributed by atoms with van der Waals surface area (Å²) >= 11 is 0. The molecule has 0 amide bonds. The smallest absolute Gasteiger partial charge is 0.147 e. The van der Waals surface area contributed by atoms with E-state index in [0.717, 1.165) is 19.6 Å². The van der Waals surface area contributed by atoms with Crippen LogP contribution in [0.25, 0.3) is 0 Å². The molecular weight excluding hydrogens is 140 g/mol. The van der Waals surface area contributed by atoms with E-state index in [1.165, 1.54) is 0 Å². The summed E-state index contributed by atoms with van der Waals surface area (Å²) in [5.41, 5.74) is 0. The molecule has 66 valence electrons. The molecule has 0 heterocycles. The molecular formula is C8H18N2O. The van der Waals surface area contributed by atoms with E-state index in [1.54, 1.807) is 6.92 Å². The summed E-state index contributed by atoms with van der Waals surface area (Å²) in [5.74, 6) is 0.202. The highest BCUT2D eigenvalue weighted by atomic mass is 16.1. The lowest BCUT2D eigenvalue weighted by Gasteiger charge is -2.14. The highest BCUT2D eigenvalue weighted by Gasteiger charge is 2.10. The van der Waals surface area contributed by atoms with E-state index in [0.29, 0.717) is 0 Å². The summed E-state index contributed by atoms with van der Waals surface area (Å²) in [4.78, 5) is 10.9. The zero-order valence-corrected chi connectivity index (χ0v) is 7.61. The summed E-state index contributed by atoms with van der Waals surface area (Å²) in [6.07, 6.45) is 0. The third-order valence-electron chi connectivity index (χ3n) is 1.54. The maximum absolute atomic E-state index is 10.9. The van der Waals surface area contributed by atoms with E-state index in [4.69, 9.17) is 0 Å². The van der Waals surface area contributed by atoms with E-state index < -0.39 is 0 Å². The molecule has 0 aliphatic heterocycles. The van der Waals surface area contributed by atoms with Crippen molar-refractivity contribution in [3.8, 4) is 0 Å². The standard InChI is InChI=1S/C8H18N2O/c1-4-9-6-8(7(3)11)10-5-2/h8-10H,4-6H2,1-3H3. The molecule has 11 heavy (non-hydrogen) atoms. The molecule has 3 heteroatoms. The van der Waals surface area contributed by atoms with Crippen molar-refractivity contribution >= 4 is 5.78 Å². The summed E-state index contributed by atoms with van der Waals surface area (Å²) in [5, 5.41) is 6.24. The Morgan fingerprint density at radius 3 is 2.36 bits per heavy atom. The van der Waals surface area contributed by atoms with E-state index in [2.05, 4.69) is 10.6 Å². The van der Waals surface area contributed by atoms with Crippen molar-refractivity contribution in [2.75, 3.05) is 19.6 Å². The minimum atomic E-state index is -0.0139. The van der Waals surface area contributed by atoms with Gasteiger partial charge < -0.3 is 10.6 Å².